The van der Waals surface area contributed by atoms with Crippen LogP contribution in [0.4, 0.5) is 5.69 Å². The molecule has 1 aliphatic rings. The van der Waals surface area contributed by atoms with E-state index in [-0.39, 0.29) is 34.5 Å². The van der Waals surface area contributed by atoms with Gasteiger partial charge in [-0.05, 0) is 37.6 Å². The molecule has 1 aliphatic heterocycles. The molecule has 2 rings (SSSR count). The molecule has 0 radical (unpaired) electrons. The van der Waals surface area contributed by atoms with Crippen LogP contribution in [-0.4, -0.2) is 39.2 Å². The molecule has 2 atom stereocenters. The van der Waals surface area contributed by atoms with E-state index in [0.29, 0.717) is 18.7 Å². The lowest BCUT2D eigenvalue weighted by Crippen LogP contribution is -2.32. The number of nitrogens with one attached hydrogen (secondary N) is 2. The summed E-state index contributed by atoms with van der Waals surface area (Å²) in [6, 6.07) is 3.94. The van der Waals surface area contributed by atoms with Crippen LogP contribution >= 0.6 is 0 Å². The monoisotopic (exact) mass is 342 g/mol. The lowest BCUT2D eigenvalue weighted by molar-refractivity contribution is -0.122. The highest BCUT2D eigenvalue weighted by Gasteiger charge is 2.36. The first-order valence-electron chi connectivity index (χ1n) is 7.45. The smallest absolute Gasteiger partial charge is 0.244 e. The summed E-state index contributed by atoms with van der Waals surface area (Å²) < 4.78 is 31.4. The molecule has 0 aromatic heterocycles. The molecule has 0 bridgehead atoms. The number of hydrogen-bond donors (Lipinski definition) is 3. The maximum absolute atomic E-state index is 12.4. The first-order valence-corrected chi connectivity index (χ1v) is 8.93. The Morgan fingerprint density at radius 3 is 2.70 bits per heavy atom. The average Bonchev–Trinajstić information content (AvgIpc) is 2.99. The van der Waals surface area contributed by atoms with Gasteiger partial charge in [-0.15, -0.1) is 0 Å². The number of benzene rings is 1. The van der Waals surface area contributed by atoms with Crippen LogP contribution in [0.15, 0.2) is 23.1 Å². The molecule has 0 unspecified atom stereocenters. The van der Waals surface area contributed by atoms with E-state index < -0.39 is 10.0 Å². The fourth-order valence-electron chi connectivity index (χ4n) is 2.70. The quantitative estimate of drug-likeness (QED) is 0.700. The first-order chi connectivity index (χ1) is 10.8. The van der Waals surface area contributed by atoms with Gasteiger partial charge in [0.25, 0.3) is 0 Å². The van der Waals surface area contributed by atoms with Crippen LogP contribution in [0.25, 0.3) is 0 Å². The van der Waals surface area contributed by atoms with Crippen LogP contribution in [0.2, 0.25) is 0 Å². The zero-order valence-corrected chi connectivity index (χ0v) is 14.2. The van der Waals surface area contributed by atoms with Crippen LogP contribution in [0.5, 0.6) is 5.75 Å². The van der Waals surface area contributed by atoms with E-state index in [1.165, 1.54) is 25.2 Å². The Kier molecular flexibility index (Phi) is 5.28. The normalized spacial score (nSPS) is 21.6. The Hall–Kier alpha value is -1.64. The Labute approximate surface area is 136 Å². The van der Waals surface area contributed by atoms with Crippen molar-refractivity contribution in [2.75, 3.05) is 19.0 Å². The summed E-state index contributed by atoms with van der Waals surface area (Å²) in [6.07, 6.45) is 0.488. The van der Waals surface area contributed by atoms with Crippen molar-refractivity contribution in [1.29, 1.82) is 0 Å². The number of sulfonamides is 1. The maximum atomic E-state index is 12.4. The van der Waals surface area contributed by atoms with Crippen LogP contribution in [-0.2, 0) is 19.6 Å². The predicted molar refractivity (Wildman–Crippen MR) is 85.7 cm³/mol. The molecular formula is C15H22N2O5S. The molecule has 1 amide bonds. The van der Waals surface area contributed by atoms with Gasteiger partial charge in [-0.3, -0.25) is 4.79 Å². The van der Waals surface area contributed by atoms with Crippen LogP contribution in [0, 0.1) is 11.8 Å². The lowest BCUT2D eigenvalue weighted by Gasteiger charge is -2.21. The molecule has 3 N–H and O–H groups in total. The minimum atomic E-state index is -3.81. The topological polar surface area (TPSA) is 105 Å². The predicted octanol–water partition coefficient (Wildman–Crippen LogP) is 1.30. The zero-order chi connectivity index (χ0) is 17.2. The number of aromatic hydroxyl groups is 1. The van der Waals surface area contributed by atoms with Crippen molar-refractivity contribution >= 4 is 21.6 Å². The first kappa shape index (κ1) is 17.7. The highest BCUT2D eigenvalue weighted by molar-refractivity contribution is 7.89. The third kappa shape index (κ3) is 3.82. The standard InChI is InChI=1S/C15H22N2O5S/c1-9(2)14-11(6-7-22-14)15(19)17-10-4-5-12(18)13(8-10)23(20,21)16-3/h4-5,8-9,11,14,16,18H,6-7H2,1-3H3,(H,17,19)/t11-,14+/m1/s1. The van der Waals surface area contributed by atoms with Gasteiger partial charge in [0.2, 0.25) is 15.9 Å². The van der Waals surface area contributed by atoms with E-state index in [4.69, 9.17) is 4.74 Å². The SMILES string of the molecule is CNS(=O)(=O)c1cc(NC(=O)[C@@H]2CCO[C@H]2C(C)C)ccc1O. The number of hydrogen-bond acceptors (Lipinski definition) is 5. The van der Waals surface area contributed by atoms with E-state index in [1.807, 2.05) is 13.8 Å². The van der Waals surface area contributed by atoms with Gasteiger partial charge in [-0.1, -0.05) is 13.8 Å². The number of phenolic OH excluding ortho intramolecular Hbond substituents is 1. The molecule has 0 aliphatic carbocycles. The summed E-state index contributed by atoms with van der Waals surface area (Å²) >= 11 is 0. The molecule has 23 heavy (non-hydrogen) atoms. The van der Waals surface area contributed by atoms with E-state index >= 15 is 0 Å². The van der Waals surface area contributed by atoms with Crippen LogP contribution in [0.3, 0.4) is 0 Å². The molecular weight excluding hydrogens is 320 g/mol. The Morgan fingerprint density at radius 1 is 1.39 bits per heavy atom. The van der Waals surface area contributed by atoms with Crippen LogP contribution in [0.1, 0.15) is 20.3 Å². The van der Waals surface area contributed by atoms with Gasteiger partial charge in [-0.2, -0.15) is 0 Å². The van der Waals surface area contributed by atoms with Crippen molar-refractivity contribution in [3.8, 4) is 5.75 Å². The average molecular weight is 342 g/mol. The van der Waals surface area contributed by atoms with Crippen molar-refractivity contribution in [1.82, 2.24) is 4.72 Å². The molecule has 1 heterocycles. The Bertz CT molecular complexity index is 687. The summed E-state index contributed by atoms with van der Waals surface area (Å²) in [7, 11) is -2.55. The second-order valence-electron chi connectivity index (χ2n) is 5.85. The van der Waals surface area contributed by atoms with E-state index in [1.54, 1.807) is 0 Å². The molecule has 128 valence electrons. The fraction of sp³-hybridized carbons (Fsp3) is 0.533. The molecule has 8 heteroatoms. The summed E-state index contributed by atoms with van der Waals surface area (Å²) in [4.78, 5) is 12.1. The molecule has 1 aromatic rings. The summed E-state index contributed by atoms with van der Waals surface area (Å²) in [5.41, 5.74) is 0.316. The van der Waals surface area contributed by atoms with Crippen molar-refractivity contribution in [2.24, 2.45) is 11.8 Å². The van der Waals surface area contributed by atoms with Gasteiger partial charge in [-0.25, -0.2) is 13.1 Å². The van der Waals surface area contributed by atoms with E-state index in [0.717, 1.165) is 0 Å². The second kappa shape index (κ2) is 6.86. The van der Waals surface area contributed by atoms with Crippen LogP contribution < -0.4 is 10.0 Å². The minimum absolute atomic E-state index is 0.146. The number of rotatable bonds is 5. The van der Waals surface area contributed by atoms with Gasteiger partial charge in [0.1, 0.15) is 10.6 Å². The van der Waals surface area contributed by atoms with E-state index in [2.05, 4.69) is 10.0 Å². The third-order valence-electron chi connectivity index (χ3n) is 3.92. The number of anilines is 1. The zero-order valence-electron chi connectivity index (χ0n) is 13.4. The Morgan fingerprint density at radius 2 is 2.09 bits per heavy atom. The second-order valence-corrected chi connectivity index (χ2v) is 7.71. The largest absolute Gasteiger partial charge is 0.507 e. The molecule has 1 aromatic carbocycles. The van der Waals surface area contributed by atoms with Crippen molar-refractivity contribution in [2.45, 2.75) is 31.3 Å². The number of carbonyl (C=O) groups is 1. The minimum Gasteiger partial charge on any atom is -0.507 e. The maximum Gasteiger partial charge on any atom is 0.244 e. The van der Waals surface area contributed by atoms with E-state index in [9.17, 15) is 18.3 Å². The van der Waals surface area contributed by atoms with Gasteiger partial charge >= 0.3 is 0 Å². The van der Waals surface area contributed by atoms with Crippen molar-refractivity contribution in [3.05, 3.63) is 18.2 Å². The number of amides is 1. The van der Waals surface area contributed by atoms with Gasteiger partial charge in [0.05, 0.1) is 12.0 Å². The van der Waals surface area contributed by atoms with Gasteiger partial charge < -0.3 is 15.2 Å². The Balaban J connectivity index is 2.21. The summed E-state index contributed by atoms with van der Waals surface area (Å²) in [5.74, 6) is -0.636. The molecule has 7 nitrogen and oxygen atoms in total. The number of carbonyl (C=O) groups excluding carboxylic acids is 1. The molecule has 1 fully saturated rings. The molecule has 0 spiro atoms. The van der Waals surface area contributed by atoms with Crippen molar-refractivity contribution < 1.29 is 23.1 Å². The number of ether oxygens (including phenoxy) is 1. The van der Waals surface area contributed by atoms with Gasteiger partial charge in [0, 0.05) is 12.3 Å². The molecule has 0 saturated carbocycles. The number of phenols is 1. The fourth-order valence-corrected chi connectivity index (χ4v) is 3.55. The van der Waals surface area contributed by atoms with Gasteiger partial charge in [0.15, 0.2) is 0 Å². The lowest BCUT2D eigenvalue weighted by atomic mass is 9.92. The highest BCUT2D eigenvalue weighted by atomic mass is 32.2. The summed E-state index contributed by atoms with van der Waals surface area (Å²) in [6.45, 7) is 4.53. The molecule has 1 saturated heterocycles. The third-order valence-corrected chi connectivity index (χ3v) is 5.36. The highest BCUT2D eigenvalue weighted by Crippen LogP contribution is 2.30. The summed E-state index contributed by atoms with van der Waals surface area (Å²) in [5, 5.41) is 12.4. The van der Waals surface area contributed by atoms with Crippen molar-refractivity contribution in [3.63, 3.8) is 0 Å².